The fourth-order valence-electron chi connectivity index (χ4n) is 2.47. The Morgan fingerprint density at radius 1 is 1.33 bits per heavy atom. The van der Waals surface area contributed by atoms with Crippen LogP contribution in [0.25, 0.3) is 11.0 Å². The molecule has 0 saturated carbocycles. The number of carboxylic acid groups (broad SMARTS) is 1. The maximum atomic E-state index is 11.6. The molecule has 1 aromatic heterocycles. The average Bonchev–Trinajstić information content (AvgIpc) is 2.74. The van der Waals surface area contributed by atoms with Crippen molar-refractivity contribution in [3.8, 4) is 0 Å². The minimum Gasteiger partial charge on any atom is -0.478 e. The van der Waals surface area contributed by atoms with Crippen LogP contribution in [0.4, 0.5) is 0 Å². The summed E-state index contributed by atoms with van der Waals surface area (Å²) >= 11 is 0. The first-order valence-corrected chi connectivity index (χ1v) is 7.15. The number of carbonyl (C=O) groups is 1. The predicted octanol–water partition coefficient (Wildman–Crippen LogP) is 4.00. The van der Waals surface area contributed by atoms with Crippen LogP contribution in [0.3, 0.4) is 0 Å². The summed E-state index contributed by atoms with van der Waals surface area (Å²) in [6, 6.07) is 7.57. The van der Waals surface area contributed by atoms with E-state index in [0.29, 0.717) is 29.3 Å². The Balaban J connectivity index is 2.38. The van der Waals surface area contributed by atoms with Gasteiger partial charge in [-0.05, 0) is 25.5 Å². The zero-order valence-corrected chi connectivity index (χ0v) is 13.3. The van der Waals surface area contributed by atoms with Gasteiger partial charge in [0.1, 0.15) is 16.9 Å². The van der Waals surface area contributed by atoms with E-state index in [-0.39, 0.29) is 11.0 Å². The molecule has 0 amide bonds. The number of aromatic carboxylic acids is 1. The summed E-state index contributed by atoms with van der Waals surface area (Å²) in [6.45, 7) is 9.14. The molecular weight excluding hydrogens is 266 g/mol. The van der Waals surface area contributed by atoms with Gasteiger partial charge in [0.15, 0.2) is 0 Å². The molecule has 0 radical (unpaired) electrons. The lowest BCUT2D eigenvalue weighted by Gasteiger charge is -2.34. The third-order valence-corrected chi connectivity index (χ3v) is 4.19. The van der Waals surface area contributed by atoms with Crippen LogP contribution in [-0.4, -0.2) is 29.1 Å². The summed E-state index contributed by atoms with van der Waals surface area (Å²) in [5.41, 5.74) is 1.02. The Hall–Kier alpha value is -1.81. The molecule has 2 rings (SSSR count). The van der Waals surface area contributed by atoms with Crippen molar-refractivity contribution < 1.29 is 14.3 Å². The largest absolute Gasteiger partial charge is 0.478 e. The number of furan rings is 1. The van der Waals surface area contributed by atoms with Crippen LogP contribution in [0.2, 0.25) is 0 Å². The second-order valence-electron chi connectivity index (χ2n) is 6.66. The summed E-state index contributed by atoms with van der Waals surface area (Å²) in [6.07, 6.45) is 0. The molecule has 21 heavy (non-hydrogen) atoms. The van der Waals surface area contributed by atoms with E-state index < -0.39 is 5.97 Å². The lowest BCUT2D eigenvalue weighted by atomic mass is 9.87. The molecule has 0 aliphatic rings. The van der Waals surface area contributed by atoms with E-state index in [1.165, 1.54) is 0 Å². The van der Waals surface area contributed by atoms with E-state index in [2.05, 4.69) is 32.6 Å². The monoisotopic (exact) mass is 289 g/mol. The van der Waals surface area contributed by atoms with Gasteiger partial charge in [0.2, 0.25) is 0 Å². The Labute approximate surface area is 125 Å². The highest BCUT2D eigenvalue weighted by atomic mass is 16.4. The molecule has 0 spiro atoms. The van der Waals surface area contributed by atoms with E-state index in [9.17, 15) is 9.90 Å². The number of benzene rings is 1. The number of carboxylic acids is 1. The van der Waals surface area contributed by atoms with Gasteiger partial charge in [0, 0.05) is 11.4 Å². The molecule has 1 unspecified atom stereocenters. The second-order valence-corrected chi connectivity index (χ2v) is 6.66. The highest BCUT2D eigenvalue weighted by Crippen LogP contribution is 2.29. The highest BCUT2D eigenvalue weighted by molar-refractivity contribution is 6.03. The van der Waals surface area contributed by atoms with Crippen molar-refractivity contribution >= 4 is 16.9 Å². The molecule has 1 heterocycles. The second kappa shape index (κ2) is 5.53. The van der Waals surface area contributed by atoms with Crippen LogP contribution < -0.4 is 0 Å². The van der Waals surface area contributed by atoms with Crippen LogP contribution in [0.5, 0.6) is 0 Å². The maximum absolute atomic E-state index is 11.6. The van der Waals surface area contributed by atoms with E-state index in [4.69, 9.17) is 4.42 Å². The molecule has 0 fully saturated rings. The number of hydrogen-bond acceptors (Lipinski definition) is 3. The number of para-hydroxylation sites is 1. The summed E-state index contributed by atoms with van der Waals surface area (Å²) in [5, 5.41) is 10.1. The molecule has 0 aliphatic carbocycles. The molecule has 114 valence electrons. The summed E-state index contributed by atoms with van der Waals surface area (Å²) in [7, 11) is 1.99. The van der Waals surface area contributed by atoms with Gasteiger partial charge in [0.05, 0.1) is 6.54 Å². The van der Waals surface area contributed by atoms with Crippen LogP contribution >= 0.6 is 0 Å². The molecular formula is C17H23NO3. The summed E-state index contributed by atoms with van der Waals surface area (Å²) in [4.78, 5) is 13.7. The Morgan fingerprint density at radius 3 is 2.52 bits per heavy atom. The van der Waals surface area contributed by atoms with Crippen molar-refractivity contribution in [1.82, 2.24) is 4.90 Å². The number of nitrogens with zero attached hydrogens (tertiary/aromatic N) is 1. The van der Waals surface area contributed by atoms with Crippen LogP contribution in [-0.2, 0) is 6.54 Å². The lowest BCUT2D eigenvalue weighted by molar-refractivity contribution is 0.0692. The SMILES string of the molecule is CC(N(C)Cc1oc2ccccc2c1C(=O)O)C(C)(C)C. The van der Waals surface area contributed by atoms with Gasteiger partial charge in [-0.25, -0.2) is 4.79 Å². The van der Waals surface area contributed by atoms with E-state index in [0.717, 1.165) is 0 Å². The molecule has 1 aromatic carbocycles. The number of hydrogen-bond donors (Lipinski definition) is 1. The first-order chi connectivity index (χ1) is 9.71. The van der Waals surface area contributed by atoms with Crippen molar-refractivity contribution in [2.45, 2.75) is 40.3 Å². The van der Waals surface area contributed by atoms with E-state index in [1.54, 1.807) is 12.1 Å². The minimum atomic E-state index is -0.938. The molecule has 0 saturated heterocycles. The van der Waals surface area contributed by atoms with E-state index in [1.807, 2.05) is 19.2 Å². The molecule has 0 aliphatic heterocycles. The van der Waals surface area contributed by atoms with Gasteiger partial charge in [-0.1, -0.05) is 39.0 Å². The van der Waals surface area contributed by atoms with Gasteiger partial charge in [-0.2, -0.15) is 0 Å². The highest BCUT2D eigenvalue weighted by Gasteiger charge is 2.27. The van der Waals surface area contributed by atoms with Gasteiger partial charge in [-0.3, -0.25) is 4.90 Å². The third kappa shape index (κ3) is 3.10. The van der Waals surface area contributed by atoms with Crippen LogP contribution in [0, 0.1) is 5.41 Å². The standard InChI is InChI=1S/C17H23NO3/c1-11(17(2,3)4)18(5)10-14-15(16(19)20)12-8-6-7-9-13(12)21-14/h6-9,11H,10H2,1-5H3,(H,19,20). The molecule has 4 nitrogen and oxygen atoms in total. The summed E-state index contributed by atoms with van der Waals surface area (Å²) in [5.74, 6) is -0.422. The molecule has 1 N–H and O–H groups in total. The topological polar surface area (TPSA) is 53.7 Å². The van der Waals surface area contributed by atoms with Crippen molar-refractivity contribution in [3.63, 3.8) is 0 Å². The van der Waals surface area contributed by atoms with Crippen molar-refractivity contribution in [2.24, 2.45) is 5.41 Å². The van der Waals surface area contributed by atoms with Crippen molar-refractivity contribution in [3.05, 3.63) is 35.6 Å². The Kier molecular flexibility index (Phi) is 4.10. The van der Waals surface area contributed by atoms with Crippen LogP contribution in [0.1, 0.15) is 43.8 Å². The zero-order chi connectivity index (χ0) is 15.8. The maximum Gasteiger partial charge on any atom is 0.339 e. The first kappa shape index (κ1) is 15.6. The number of fused-ring (bicyclic) bond motifs is 1. The zero-order valence-electron chi connectivity index (χ0n) is 13.3. The van der Waals surface area contributed by atoms with Gasteiger partial charge >= 0.3 is 5.97 Å². The molecule has 1 atom stereocenters. The fraction of sp³-hybridized carbons (Fsp3) is 0.471. The smallest absolute Gasteiger partial charge is 0.339 e. The Morgan fingerprint density at radius 2 is 1.95 bits per heavy atom. The molecule has 0 bridgehead atoms. The predicted molar refractivity (Wildman–Crippen MR) is 83.6 cm³/mol. The summed E-state index contributed by atoms with van der Waals surface area (Å²) < 4.78 is 5.77. The van der Waals surface area contributed by atoms with Crippen molar-refractivity contribution in [2.75, 3.05) is 7.05 Å². The molecule has 2 aromatic rings. The third-order valence-electron chi connectivity index (χ3n) is 4.19. The van der Waals surface area contributed by atoms with E-state index >= 15 is 0 Å². The average molecular weight is 289 g/mol. The normalized spacial score (nSPS) is 13.8. The van der Waals surface area contributed by atoms with Gasteiger partial charge < -0.3 is 9.52 Å². The minimum absolute atomic E-state index is 0.115. The van der Waals surface area contributed by atoms with Crippen LogP contribution in [0.15, 0.2) is 28.7 Å². The number of rotatable bonds is 4. The Bertz CT molecular complexity index is 652. The quantitative estimate of drug-likeness (QED) is 0.924. The lowest BCUT2D eigenvalue weighted by Crippen LogP contribution is -2.38. The van der Waals surface area contributed by atoms with Gasteiger partial charge in [0.25, 0.3) is 0 Å². The molecule has 4 heteroatoms. The van der Waals surface area contributed by atoms with Gasteiger partial charge in [-0.15, -0.1) is 0 Å². The first-order valence-electron chi connectivity index (χ1n) is 7.15. The fourth-order valence-corrected chi connectivity index (χ4v) is 2.47. The van der Waals surface area contributed by atoms with Crippen molar-refractivity contribution in [1.29, 1.82) is 0 Å².